The summed E-state index contributed by atoms with van der Waals surface area (Å²) >= 11 is 6.40. The van der Waals surface area contributed by atoms with Crippen molar-refractivity contribution in [3.05, 3.63) is 70.6 Å². The van der Waals surface area contributed by atoms with Gasteiger partial charge in [0.1, 0.15) is 16.6 Å². The summed E-state index contributed by atoms with van der Waals surface area (Å²) in [6.45, 7) is 0.294. The molecule has 1 fully saturated rings. The van der Waals surface area contributed by atoms with Crippen LogP contribution in [0.2, 0.25) is 0 Å². The Morgan fingerprint density at radius 3 is 2.54 bits per heavy atom. The van der Waals surface area contributed by atoms with Crippen molar-refractivity contribution in [3.8, 4) is 5.75 Å². The second-order valence-electron chi connectivity index (χ2n) is 5.62. The largest absolute Gasteiger partial charge is 0.508 e. The van der Waals surface area contributed by atoms with E-state index in [1.807, 2.05) is 30.3 Å². The van der Waals surface area contributed by atoms with Crippen molar-refractivity contribution < 1.29 is 14.7 Å². The van der Waals surface area contributed by atoms with Crippen LogP contribution in [-0.2, 0) is 16.1 Å². The predicted octanol–water partition coefficient (Wildman–Crippen LogP) is 2.91. The van der Waals surface area contributed by atoms with Gasteiger partial charge in [-0.1, -0.05) is 66.4 Å². The number of amides is 2. The highest BCUT2D eigenvalue weighted by Crippen LogP contribution is 2.32. The summed E-state index contributed by atoms with van der Waals surface area (Å²) in [5.74, 6) is -0.399. The van der Waals surface area contributed by atoms with Crippen LogP contribution in [0.1, 0.15) is 11.1 Å². The van der Waals surface area contributed by atoms with Gasteiger partial charge in [0.05, 0.1) is 4.91 Å². The van der Waals surface area contributed by atoms with Crippen molar-refractivity contribution in [1.29, 1.82) is 0 Å². The fourth-order valence-corrected chi connectivity index (χ4v) is 3.61. The van der Waals surface area contributed by atoms with E-state index in [1.165, 1.54) is 4.90 Å². The number of carbonyl (C=O) groups excluding carboxylic acids is 2. The zero-order chi connectivity index (χ0) is 18.5. The lowest BCUT2D eigenvalue weighted by Gasteiger charge is -2.14. The number of thioether (sulfide) groups is 1. The number of hydrogen-bond donors (Lipinski definition) is 2. The Kier molecular flexibility index (Phi) is 5.70. The number of phenols is 1. The van der Waals surface area contributed by atoms with Gasteiger partial charge in [0.2, 0.25) is 5.91 Å². The molecular weight excluding hydrogens is 368 g/mol. The number of benzene rings is 2. The molecule has 1 aliphatic heterocycles. The fraction of sp³-hybridized carbons (Fsp3) is 0.105. The summed E-state index contributed by atoms with van der Waals surface area (Å²) < 4.78 is 0.356. The van der Waals surface area contributed by atoms with E-state index in [1.54, 1.807) is 30.3 Å². The molecule has 0 bridgehead atoms. The van der Waals surface area contributed by atoms with Crippen LogP contribution in [0, 0.1) is 0 Å². The fourth-order valence-electron chi connectivity index (χ4n) is 2.35. The Labute approximate surface area is 160 Å². The van der Waals surface area contributed by atoms with Gasteiger partial charge >= 0.3 is 0 Å². The number of carbonyl (C=O) groups is 2. The molecular formula is C19H16N2O3S2. The van der Waals surface area contributed by atoms with E-state index in [4.69, 9.17) is 12.2 Å². The number of nitrogens with one attached hydrogen (secondary N) is 1. The summed E-state index contributed by atoms with van der Waals surface area (Å²) in [7, 11) is 0. The van der Waals surface area contributed by atoms with Crippen molar-refractivity contribution in [1.82, 2.24) is 10.2 Å². The highest BCUT2D eigenvalue weighted by molar-refractivity contribution is 8.26. The monoisotopic (exact) mass is 384 g/mol. The summed E-state index contributed by atoms with van der Waals surface area (Å²) in [4.78, 5) is 26.4. The molecule has 0 radical (unpaired) electrons. The van der Waals surface area contributed by atoms with Gasteiger partial charge in [-0.2, -0.15) is 0 Å². The molecule has 2 aromatic carbocycles. The van der Waals surface area contributed by atoms with Gasteiger partial charge in [-0.3, -0.25) is 14.5 Å². The number of nitrogens with zero attached hydrogens (tertiary/aromatic N) is 1. The second kappa shape index (κ2) is 8.16. The molecule has 1 heterocycles. The first-order chi connectivity index (χ1) is 12.5. The molecule has 7 heteroatoms. The minimum Gasteiger partial charge on any atom is -0.508 e. The Morgan fingerprint density at radius 1 is 1.15 bits per heavy atom. The van der Waals surface area contributed by atoms with Crippen molar-refractivity contribution in [2.75, 3.05) is 6.54 Å². The quantitative estimate of drug-likeness (QED) is 0.613. The molecule has 5 nitrogen and oxygen atoms in total. The number of phenolic OH excluding ortho intramolecular Hbond substituents is 1. The average molecular weight is 384 g/mol. The van der Waals surface area contributed by atoms with Crippen LogP contribution in [0.5, 0.6) is 5.75 Å². The normalized spacial score (nSPS) is 15.5. The molecule has 0 unspecified atom stereocenters. The third-order valence-electron chi connectivity index (χ3n) is 3.70. The minimum atomic E-state index is -0.289. The lowest BCUT2D eigenvalue weighted by atomic mass is 10.2. The van der Waals surface area contributed by atoms with Crippen LogP contribution in [0.15, 0.2) is 59.5 Å². The third kappa shape index (κ3) is 4.50. The Morgan fingerprint density at radius 2 is 1.85 bits per heavy atom. The van der Waals surface area contributed by atoms with Gasteiger partial charge in [0, 0.05) is 6.54 Å². The molecule has 1 saturated heterocycles. The summed E-state index contributed by atoms with van der Waals surface area (Å²) in [6.07, 6.45) is 1.70. The number of thiocarbonyl (C=S) groups is 1. The van der Waals surface area contributed by atoms with E-state index in [-0.39, 0.29) is 24.1 Å². The van der Waals surface area contributed by atoms with Crippen LogP contribution < -0.4 is 5.32 Å². The maximum atomic E-state index is 12.5. The van der Waals surface area contributed by atoms with Gasteiger partial charge in [0.15, 0.2) is 0 Å². The van der Waals surface area contributed by atoms with E-state index in [0.717, 1.165) is 22.9 Å². The second-order valence-corrected chi connectivity index (χ2v) is 7.30. The smallest absolute Gasteiger partial charge is 0.266 e. The van der Waals surface area contributed by atoms with Crippen molar-refractivity contribution in [2.24, 2.45) is 0 Å². The molecule has 0 aromatic heterocycles. The van der Waals surface area contributed by atoms with Gasteiger partial charge in [0.25, 0.3) is 5.91 Å². The maximum absolute atomic E-state index is 12.5. The van der Waals surface area contributed by atoms with Gasteiger partial charge in [-0.15, -0.1) is 0 Å². The van der Waals surface area contributed by atoms with E-state index in [0.29, 0.717) is 15.8 Å². The average Bonchev–Trinajstić information content (AvgIpc) is 2.90. The van der Waals surface area contributed by atoms with Gasteiger partial charge < -0.3 is 10.4 Å². The van der Waals surface area contributed by atoms with Crippen molar-refractivity contribution >= 4 is 46.2 Å². The first-order valence-electron chi connectivity index (χ1n) is 7.88. The third-order valence-corrected chi connectivity index (χ3v) is 5.08. The van der Waals surface area contributed by atoms with E-state index in [9.17, 15) is 14.7 Å². The van der Waals surface area contributed by atoms with Crippen molar-refractivity contribution in [2.45, 2.75) is 6.54 Å². The lowest BCUT2D eigenvalue weighted by Crippen LogP contribution is -2.39. The first kappa shape index (κ1) is 18.2. The topological polar surface area (TPSA) is 69.6 Å². The van der Waals surface area contributed by atoms with Crippen LogP contribution in [-0.4, -0.2) is 32.7 Å². The molecule has 0 saturated carbocycles. The highest BCUT2D eigenvalue weighted by Gasteiger charge is 2.33. The predicted molar refractivity (Wildman–Crippen MR) is 106 cm³/mol. The van der Waals surface area contributed by atoms with Gasteiger partial charge in [-0.25, -0.2) is 0 Å². The molecule has 3 rings (SSSR count). The van der Waals surface area contributed by atoms with E-state index < -0.39 is 0 Å². The van der Waals surface area contributed by atoms with Gasteiger partial charge in [-0.05, 0) is 29.3 Å². The lowest BCUT2D eigenvalue weighted by molar-refractivity contribution is -0.128. The minimum absolute atomic E-state index is 0.107. The summed E-state index contributed by atoms with van der Waals surface area (Å²) in [5, 5.41) is 12.1. The van der Waals surface area contributed by atoms with Crippen LogP contribution in [0.4, 0.5) is 0 Å². The molecule has 0 spiro atoms. The van der Waals surface area contributed by atoms with Crippen LogP contribution in [0.3, 0.4) is 0 Å². The number of rotatable bonds is 5. The molecule has 0 atom stereocenters. The molecule has 2 amide bonds. The number of aromatic hydroxyl groups is 1. The van der Waals surface area contributed by atoms with Crippen molar-refractivity contribution in [3.63, 3.8) is 0 Å². The Balaban J connectivity index is 1.61. The number of hydrogen-bond acceptors (Lipinski definition) is 5. The van der Waals surface area contributed by atoms with Crippen LogP contribution in [0.25, 0.3) is 6.08 Å². The van der Waals surface area contributed by atoms with E-state index >= 15 is 0 Å². The molecule has 0 aliphatic carbocycles. The SMILES string of the molecule is O=C(CN1C(=O)/C(=C/c2ccc(O)cc2)SC1=S)NCc1ccccc1. The first-order valence-corrected chi connectivity index (χ1v) is 9.10. The highest BCUT2D eigenvalue weighted by atomic mass is 32.2. The summed E-state index contributed by atoms with van der Waals surface area (Å²) in [6, 6.07) is 16.0. The van der Waals surface area contributed by atoms with E-state index in [2.05, 4.69) is 5.32 Å². The molecule has 26 heavy (non-hydrogen) atoms. The standard InChI is InChI=1S/C19H16N2O3S2/c22-15-8-6-13(7-9-15)10-16-18(24)21(19(25)26-16)12-17(23)20-11-14-4-2-1-3-5-14/h1-10,22H,11-12H2,(H,20,23)/b16-10-. The zero-order valence-electron chi connectivity index (χ0n) is 13.7. The zero-order valence-corrected chi connectivity index (χ0v) is 15.3. The summed E-state index contributed by atoms with van der Waals surface area (Å²) in [5.41, 5.74) is 1.76. The van der Waals surface area contributed by atoms with Crippen LogP contribution >= 0.6 is 24.0 Å². The Bertz CT molecular complexity index is 864. The molecule has 2 aromatic rings. The Hall–Kier alpha value is -2.64. The molecule has 2 N–H and O–H groups in total. The molecule has 132 valence electrons. The molecule has 1 aliphatic rings. The maximum Gasteiger partial charge on any atom is 0.266 e.